The summed E-state index contributed by atoms with van der Waals surface area (Å²) in [4.78, 5) is 27.9. The van der Waals surface area contributed by atoms with Gasteiger partial charge < -0.3 is 15.0 Å². The Morgan fingerprint density at radius 1 is 1.16 bits per heavy atom. The van der Waals surface area contributed by atoms with Gasteiger partial charge in [-0.3, -0.25) is 9.59 Å². The summed E-state index contributed by atoms with van der Waals surface area (Å²) in [5.74, 6) is 0.0987. The van der Waals surface area contributed by atoms with E-state index >= 15 is 0 Å². The molecule has 0 radical (unpaired) electrons. The number of carbonyl (C=O) groups excluding carboxylic acids is 2. The zero-order chi connectivity index (χ0) is 23.9. The van der Waals surface area contributed by atoms with Crippen LogP contribution in [0, 0.1) is 0 Å². The second-order valence-electron chi connectivity index (χ2n) is 8.68. The lowest BCUT2D eigenvalue weighted by Crippen LogP contribution is -2.54. The second kappa shape index (κ2) is 11.7. The molecule has 0 aliphatic heterocycles. The summed E-state index contributed by atoms with van der Waals surface area (Å²) < 4.78 is 6.61. The van der Waals surface area contributed by atoms with Crippen molar-refractivity contribution in [2.75, 3.05) is 6.61 Å². The van der Waals surface area contributed by atoms with Crippen LogP contribution in [0.25, 0.3) is 0 Å². The lowest BCUT2D eigenvalue weighted by Gasteiger charge is -2.33. The van der Waals surface area contributed by atoms with E-state index in [9.17, 15) is 9.59 Å². The van der Waals surface area contributed by atoms with Crippen LogP contribution in [0.4, 0.5) is 0 Å². The molecule has 0 saturated heterocycles. The molecular formula is C25H32BrClN2O3. The fourth-order valence-electron chi connectivity index (χ4n) is 3.29. The fourth-order valence-corrected chi connectivity index (χ4v) is 4.02. The number of hydrogen-bond acceptors (Lipinski definition) is 3. The van der Waals surface area contributed by atoms with E-state index in [4.69, 9.17) is 16.3 Å². The lowest BCUT2D eigenvalue weighted by atomic mass is 10.1. The minimum absolute atomic E-state index is 0.187. The van der Waals surface area contributed by atoms with Crippen LogP contribution in [0.2, 0.25) is 5.02 Å². The Morgan fingerprint density at radius 3 is 2.41 bits per heavy atom. The van der Waals surface area contributed by atoms with E-state index in [0.29, 0.717) is 17.2 Å². The predicted molar refractivity (Wildman–Crippen MR) is 133 cm³/mol. The van der Waals surface area contributed by atoms with Crippen LogP contribution in [0.15, 0.2) is 46.9 Å². The van der Waals surface area contributed by atoms with E-state index in [-0.39, 0.29) is 25.0 Å². The molecule has 2 amide bonds. The molecule has 0 heterocycles. The van der Waals surface area contributed by atoms with Crippen molar-refractivity contribution in [2.45, 2.75) is 65.6 Å². The van der Waals surface area contributed by atoms with Gasteiger partial charge in [0.15, 0.2) is 6.61 Å². The number of rotatable bonds is 9. The monoisotopic (exact) mass is 522 g/mol. The second-order valence-corrected chi connectivity index (χ2v) is 9.94. The van der Waals surface area contributed by atoms with Crippen molar-refractivity contribution >= 4 is 39.3 Å². The van der Waals surface area contributed by atoms with Gasteiger partial charge >= 0.3 is 0 Å². The van der Waals surface area contributed by atoms with Crippen molar-refractivity contribution in [1.82, 2.24) is 10.2 Å². The van der Waals surface area contributed by atoms with Crippen molar-refractivity contribution in [2.24, 2.45) is 0 Å². The number of ether oxygens (including phenoxy) is 1. The molecule has 1 N–H and O–H groups in total. The number of nitrogens with one attached hydrogen (secondary N) is 1. The van der Waals surface area contributed by atoms with Crippen molar-refractivity contribution < 1.29 is 14.3 Å². The molecule has 32 heavy (non-hydrogen) atoms. The van der Waals surface area contributed by atoms with Crippen molar-refractivity contribution in [3.63, 3.8) is 0 Å². The minimum Gasteiger partial charge on any atom is -0.483 e. The molecule has 0 saturated carbocycles. The van der Waals surface area contributed by atoms with E-state index in [1.165, 1.54) is 5.56 Å². The standard InChI is InChI=1S/C25H32BrClN2O3/c1-6-17-12-13-22(19(26)14-17)32-16-23(30)29(15-18-10-8-9-11-20(18)27)21(7-2)24(31)28-25(3,4)5/h8-14,21H,6-7,15-16H2,1-5H3,(H,28,31)/t21-/m1/s1. The largest absolute Gasteiger partial charge is 0.483 e. The maximum absolute atomic E-state index is 13.3. The van der Waals surface area contributed by atoms with Gasteiger partial charge in [-0.2, -0.15) is 0 Å². The number of nitrogens with zero attached hydrogens (tertiary/aromatic N) is 1. The van der Waals surface area contributed by atoms with Gasteiger partial charge in [0.2, 0.25) is 5.91 Å². The summed E-state index contributed by atoms with van der Waals surface area (Å²) in [6.45, 7) is 9.74. The molecule has 2 rings (SSSR count). The molecule has 0 fully saturated rings. The first-order valence-electron chi connectivity index (χ1n) is 10.8. The van der Waals surface area contributed by atoms with Crippen molar-refractivity contribution in [3.8, 4) is 5.75 Å². The molecular weight excluding hydrogens is 492 g/mol. The summed E-state index contributed by atoms with van der Waals surface area (Å²) >= 11 is 9.86. The van der Waals surface area contributed by atoms with Gasteiger partial charge in [0.05, 0.1) is 4.47 Å². The normalized spacial score (nSPS) is 12.2. The first kappa shape index (κ1) is 26.2. The Kier molecular flexibility index (Phi) is 9.59. The van der Waals surface area contributed by atoms with Gasteiger partial charge in [-0.25, -0.2) is 0 Å². The van der Waals surface area contributed by atoms with E-state index in [1.54, 1.807) is 11.0 Å². The molecule has 0 aliphatic rings. The fraction of sp³-hybridized carbons (Fsp3) is 0.440. The summed E-state index contributed by atoms with van der Waals surface area (Å²) in [6.07, 6.45) is 1.37. The molecule has 1 atom stereocenters. The topological polar surface area (TPSA) is 58.6 Å². The summed E-state index contributed by atoms with van der Waals surface area (Å²) in [6, 6.07) is 12.5. The van der Waals surface area contributed by atoms with Crippen molar-refractivity contribution in [3.05, 3.63) is 63.1 Å². The molecule has 0 aromatic heterocycles. The molecule has 174 valence electrons. The number of hydrogen-bond donors (Lipinski definition) is 1. The van der Waals surface area contributed by atoms with Gasteiger partial charge in [0, 0.05) is 17.1 Å². The molecule has 5 nitrogen and oxygen atoms in total. The third-order valence-corrected chi connectivity index (χ3v) is 5.93. The smallest absolute Gasteiger partial charge is 0.261 e. The molecule has 7 heteroatoms. The van der Waals surface area contributed by atoms with Crippen molar-refractivity contribution in [1.29, 1.82) is 0 Å². The van der Waals surface area contributed by atoms with Crippen LogP contribution < -0.4 is 10.1 Å². The van der Waals surface area contributed by atoms with Gasteiger partial charge in [0.1, 0.15) is 11.8 Å². The lowest BCUT2D eigenvalue weighted by molar-refractivity contribution is -0.143. The summed E-state index contributed by atoms with van der Waals surface area (Å²) in [5.41, 5.74) is 1.53. The molecule has 2 aromatic carbocycles. The number of carbonyl (C=O) groups is 2. The first-order valence-corrected chi connectivity index (χ1v) is 12.0. The van der Waals surface area contributed by atoms with Gasteiger partial charge in [-0.1, -0.05) is 49.7 Å². The third kappa shape index (κ3) is 7.52. The summed E-state index contributed by atoms with van der Waals surface area (Å²) in [5, 5.41) is 3.54. The Balaban J connectivity index is 2.26. The van der Waals surface area contributed by atoms with Crippen LogP contribution in [0.5, 0.6) is 5.75 Å². The Bertz CT molecular complexity index is 943. The first-order chi connectivity index (χ1) is 15.1. The predicted octanol–water partition coefficient (Wildman–Crippen LogP) is 5.77. The molecule has 0 aliphatic carbocycles. The van der Waals surface area contributed by atoms with E-state index in [0.717, 1.165) is 16.5 Å². The maximum Gasteiger partial charge on any atom is 0.261 e. The van der Waals surface area contributed by atoms with Gasteiger partial charge in [0.25, 0.3) is 5.91 Å². The van der Waals surface area contributed by atoms with Crippen LogP contribution >= 0.6 is 27.5 Å². The van der Waals surface area contributed by atoms with Gasteiger partial charge in [-0.15, -0.1) is 0 Å². The number of halogens is 2. The molecule has 0 spiro atoms. The minimum atomic E-state index is -0.646. The number of benzene rings is 2. The van der Waals surface area contributed by atoms with Crippen LogP contribution in [-0.2, 0) is 22.6 Å². The highest BCUT2D eigenvalue weighted by atomic mass is 79.9. The highest BCUT2D eigenvalue weighted by molar-refractivity contribution is 9.10. The molecule has 0 bridgehead atoms. The van der Waals surface area contributed by atoms with Crippen LogP contribution in [-0.4, -0.2) is 34.9 Å². The van der Waals surface area contributed by atoms with Crippen LogP contribution in [0.3, 0.4) is 0 Å². The number of aryl methyl sites for hydroxylation is 1. The van der Waals surface area contributed by atoms with E-state index in [2.05, 4.69) is 28.2 Å². The SMILES string of the molecule is CCc1ccc(OCC(=O)N(Cc2ccccc2Cl)[C@H](CC)C(=O)NC(C)(C)C)c(Br)c1. The zero-order valence-corrected chi connectivity index (χ0v) is 21.7. The Hall–Kier alpha value is -2.05. The summed E-state index contributed by atoms with van der Waals surface area (Å²) in [7, 11) is 0. The maximum atomic E-state index is 13.3. The average Bonchev–Trinajstić information content (AvgIpc) is 2.72. The van der Waals surface area contributed by atoms with E-state index < -0.39 is 11.6 Å². The zero-order valence-electron chi connectivity index (χ0n) is 19.4. The molecule has 0 unspecified atom stereocenters. The number of amides is 2. The van der Waals surface area contributed by atoms with Crippen LogP contribution in [0.1, 0.15) is 52.2 Å². The Labute approximate surface area is 204 Å². The average molecular weight is 524 g/mol. The van der Waals surface area contributed by atoms with Gasteiger partial charge in [-0.05, 0) is 78.9 Å². The third-order valence-electron chi connectivity index (χ3n) is 4.94. The van der Waals surface area contributed by atoms with E-state index in [1.807, 2.05) is 64.1 Å². The highest BCUT2D eigenvalue weighted by Crippen LogP contribution is 2.27. The Morgan fingerprint density at radius 2 is 1.84 bits per heavy atom. The molecule has 2 aromatic rings. The quantitative estimate of drug-likeness (QED) is 0.454. The highest BCUT2D eigenvalue weighted by Gasteiger charge is 2.31.